The molecular formula is C12H16FN3O. The maximum absolute atomic E-state index is 12.8. The van der Waals surface area contributed by atoms with Gasteiger partial charge >= 0.3 is 6.03 Å². The number of hydrogen-bond acceptors (Lipinski definition) is 2. The minimum atomic E-state index is -0.481. The maximum atomic E-state index is 12.8. The van der Waals surface area contributed by atoms with Gasteiger partial charge in [-0.15, -0.1) is 0 Å². The molecule has 1 aromatic rings. The van der Waals surface area contributed by atoms with Crippen LogP contribution in [0.5, 0.6) is 0 Å². The van der Waals surface area contributed by atoms with Crippen LogP contribution in [0.25, 0.3) is 0 Å². The first-order valence-electron chi connectivity index (χ1n) is 5.58. The summed E-state index contributed by atoms with van der Waals surface area (Å²) in [4.78, 5) is 11.8. The van der Waals surface area contributed by atoms with Gasteiger partial charge in [0.05, 0.1) is 5.69 Å². The Morgan fingerprint density at radius 3 is 2.35 bits per heavy atom. The van der Waals surface area contributed by atoms with Gasteiger partial charge in [-0.2, -0.15) is 0 Å². The summed E-state index contributed by atoms with van der Waals surface area (Å²) in [5.41, 5.74) is 3.24. The molecule has 0 saturated carbocycles. The van der Waals surface area contributed by atoms with Crippen LogP contribution in [0.2, 0.25) is 0 Å². The Bertz CT molecular complexity index is 432. The summed E-state index contributed by atoms with van der Waals surface area (Å²) in [7, 11) is 0. The molecule has 1 aromatic carbocycles. The molecule has 1 heterocycles. The normalized spacial score (nSPS) is 24.3. The lowest BCUT2D eigenvalue weighted by atomic mass is 10.00. The predicted octanol–water partition coefficient (Wildman–Crippen LogP) is 2.23. The molecule has 0 radical (unpaired) electrons. The summed E-state index contributed by atoms with van der Waals surface area (Å²) in [5, 5.41) is 4.28. The van der Waals surface area contributed by atoms with Crippen LogP contribution < -0.4 is 15.8 Å². The monoisotopic (exact) mass is 237 g/mol. The Hall–Kier alpha value is -1.62. The van der Waals surface area contributed by atoms with Crippen molar-refractivity contribution in [3.05, 3.63) is 30.1 Å². The van der Waals surface area contributed by atoms with E-state index in [1.165, 1.54) is 17.1 Å². The van der Waals surface area contributed by atoms with Crippen molar-refractivity contribution < 1.29 is 9.18 Å². The number of nitrogens with zero attached hydrogens (tertiary/aromatic N) is 1. The number of nitrogens with one attached hydrogen (secondary N) is 2. The zero-order valence-electron chi connectivity index (χ0n) is 10.1. The van der Waals surface area contributed by atoms with E-state index in [0.29, 0.717) is 5.69 Å². The fourth-order valence-corrected chi connectivity index (χ4v) is 1.63. The van der Waals surface area contributed by atoms with Gasteiger partial charge in [-0.05, 0) is 37.1 Å². The summed E-state index contributed by atoms with van der Waals surface area (Å²) in [6.45, 7) is 5.95. The number of rotatable bonds is 2. The number of urea groups is 1. The molecule has 92 valence electrons. The van der Waals surface area contributed by atoms with Crippen molar-refractivity contribution in [2.75, 3.05) is 5.01 Å². The van der Waals surface area contributed by atoms with Crippen molar-refractivity contribution in [1.82, 2.24) is 10.7 Å². The van der Waals surface area contributed by atoms with Crippen molar-refractivity contribution in [2.24, 2.45) is 5.92 Å². The molecule has 0 bridgehead atoms. The largest absolute Gasteiger partial charge is 0.338 e. The Kier molecular flexibility index (Phi) is 2.79. The van der Waals surface area contributed by atoms with Crippen LogP contribution in [-0.4, -0.2) is 11.7 Å². The molecular weight excluding hydrogens is 221 g/mol. The van der Waals surface area contributed by atoms with E-state index >= 15 is 0 Å². The van der Waals surface area contributed by atoms with Gasteiger partial charge in [-0.25, -0.2) is 19.6 Å². The second-order valence-electron chi connectivity index (χ2n) is 4.71. The van der Waals surface area contributed by atoms with Gasteiger partial charge < -0.3 is 5.32 Å². The Balaban J connectivity index is 2.24. The van der Waals surface area contributed by atoms with Crippen LogP contribution in [0.4, 0.5) is 14.9 Å². The summed E-state index contributed by atoms with van der Waals surface area (Å²) in [5.74, 6) is -0.0862. The summed E-state index contributed by atoms with van der Waals surface area (Å²) in [6, 6.07) is 5.56. The molecule has 0 aromatic heterocycles. The third kappa shape index (κ3) is 2.10. The number of halogens is 1. The minimum Gasteiger partial charge on any atom is -0.317 e. The van der Waals surface area contributed by atoms with Crippen LogP contribution in [0, 0.1) is 11.7 Å². The molecule has 1 atom stereocenters. The van der Waals surface area contributed by atoms with Gasteiger partial charge in [0, 0.05) is 0 Å². The van der Waals surface area contributed by atoms with Crippen LogP contribution in [-0.2, 0) is 0 Å². The zero-order valence-corrected chi connectivity index (χ0v) is 10.1. The van der Waals surface area contributed by atoms with E-state index < -0.39 is 5.66 Å². The molecule has 4 nitrogen and oxygen atoms in total. The van der Waals surface area contributed by atoms with Gasteiger partial charge in [0.1, 0.15) is 11.5 Å². The van der Waals surface area contributed by atoms with Crippen molar-refractivity contribution in [2.45, 2.75) is 26.4 Å². The third-order valence-corrected chi connectivity index (χ3v) is 3.15. The number of anilines is 1. The van der Waals surface area contributed by atoms with Crippen molar-refractivity contribution in [3.63, 3.8) is 0 Å². The Morgan fingerprint density at radius 1 is 1.29 bits per heavy atom. The summed E-state index contributed by atoms with van der Waals surface area (Å²) >= 11 is 0. The van der Waals surface area contributed by atoms with Gasteiger partial charge in [0.15, 0.2) is 0 Å². The van der Waals surface area contributed by atoms with Gasteiger partial charge in [0.25, 0.3) is 0 Å². The molecule has 0 unspecified atom stereocenters. The van der Waals surface area contributed by atoms with Crippen molar-refractivity contribution in [3.8, 4) is 0 Å². The number of hydrogen-bond donors (Lipinski definition) is 2. The maximum Gasteiger partial charge on any atom is 0.338 e. The molecule has 1 aliphatic heterocycles. The van der Waals surface area contributed by atoms with Crippen LogP contribution in [0.3, 0.4) is 0 Å². The van der Waals surface area contributed by atoms with E-state index in [-0.39, 0.29) is 17.8 Å². The zero-order chi connectivity index (χ0) is 12.6. The van der Waals surface area contributed by atoms with Crippen molar-refractivity contribution >= 4 is 11.7 Å². The molecule has 17 heavy (non-hydrogen) atoms. The van der Waals surface area contributed by atoms with Crippen LogP contribution in [0.1, 0.15) is 20.8 Å². The third-order valence-electron chi connectivity index (χ3n) is 3.15. The molecule has 5 heteroatoms. The molecule has 2 amide bonds. The molecule has 1 aliphatic rings. The number of hydrazine groups is 1. The number of benzene rings is 1. The molecule has 1 saturated heterocycles. The lowest BCUT2D eigenvalue weighted by Gasteiger charge is -2.28. The molecule has 0 spiro atoms. The highest BCUT2D eigenvalue weighted by Gasteiger charge is 2.41. The Labute approximate surface area is 99.8 Å². The highest BCUT2D eigenvalue weighted by Crippen LogP contribution is 2.23. The van der Waals surface area contributed by atoms with Crippen molar-refractivity contribution in [1.29, 1.82) is 0 Å². The molecule has 2 N–H and O–H groups in total. The highest BCUT2D eigenvalue weighted by atomic mass is 19.1. The number of carbonyl (C=O) groups is 1. The highest BCUT2D eigenvalue weighted by molar-refractivity contribution is 5.93. The SMILES string of the molecule is CC(C)[C@]1(C)NC(=O)N(c2ccc(F)cc2)N1. The van der Waals surface area contributed by atoms with E-state index in [1.807, 2.05) is 20.8 Å². The second kappa shape index (κ2) is 4.00. The minimum absolute atomic E-state index is 0.229. The molecule has 2 rings (SSSR count). The van der Waals surface area contributed by atoms with E-state index in [0.717, 1.165) is 0 Å². The topological polar surface area (TPSA) is 44.4 Å². The quantitative estimate of drug-likeness (QED) is 0.828. The number of amides is 2. The molecule has 1 fully saturated rings. The first kappa shape index (κ1) is 11.9. The fourth-order valence-electron chi connectivity index (χ4n) is 1.63. The smallest absolute Gasteiger partial charge is 0.317 e. The van der Waals surface area contributed by atoms with E-state index in [1.54, 1.807) is 12.1 Å². The first-order valence-corrected chi connectivity index (χ1v) is 5.58. The van der Waals surface area contributed by atoms with Gasteiger partial charge in [-0.1, -0.05) is 13.8 Å². The van der Waals surface area contributed by atoms with Crippen LogP contribution in [0.15, 0.2) is 24.3 Å². The van der Waals surface area contributed by atoms with Gasteiger partial charge in [0.2, 0.25) is 0 Å². The Morgan fingerprint density at radius 2 is 1.88 bits per heavy atom. The lowest BCUT2D eigenvalue weighted by Crippen LogP contribution is -2.52. The average molecular weight is 237 g/mol. The lowest BCUT2D eigenvalue weighted by molar-refractivity contribution is 0.236. The van der Waals surface area contributed by atoms with E-state index in [9.17, 15) is 9.18 Å². The average Bonchev–Trinajstić information content (AvgIpc) is 2.57. The first-order chi connectivity index (χ1) is 7.92. The standard InChI is InChI=1S/C12H16FN3O/c1-8(2)12(3)14-11(17)16(15-12)10-6-4-9(13)5-7-10/h4-8,15H,1-3H3,(H,14,17)/t12-/m1/s1. The molecule has 0 aliphatic carbocycles. The second-order valence-corrected chi connectivity index (χ2v) is 4.71. The summed E-state index contributed by atoms with van der Waals surface area (Å²) < 4.78 is 12.8. The van der Waals surface area contributed by atoms with Gasteiger partial charge in [-0.3, -0.25) is 0 Å². The van der Waals surface area contributed by atoms with E-state index in [4.69, 9.17) is 0 Å². The predicted molar refractivity (Wildman–Crippen MR) is 63.8 cm³/mol. The summed E-state index contributed by atoms with van der Waals surface area (Å²) in [6.07, 6.45) is 0. The number of carbonyl (C=O) groups excluding carboxylic acids is 1. The van der Waals surface area contributed by atoms with E-state index in [2.05, 4.69) is 10.7 Å². The fraction of sp³-hybridized carbons (Fsp3) is 0.417. The van der Waals surface area contributed by atoms with Crippen LogP contribution >= 0.6 is 0 Å².